The van der Waals surface area contributed by atoms with E-state index in [-0.39, 0.29) is 0 Å². The highest BCUT2D eigenvalue weighted by molar-refractivity contribution is 6.45. The number of carbonyl (C=O) groups excluding carboxylic acids is 2. The minimum Gasteiger partial charge on any atom is -0.358 e. The Labute approximate surface area is 150 Å². The predicted molar refractivity (Wildman–Crippen MR) is 98.2 cm³/mol. The molecule has 0 unspecified atom stereocenters. The molecule has 1 aliphatic rings. The van der Waals surface area contributed by atoms with Gasteiger partial charge in [-0.1, -0.05) is 18.2 Å². The smallest absolute Gasteiger partial charge is 0.295 e. The van der Waals surface area contributed by atoms with E-state index in [0.29, 0.717) is 31.7 Å². The third-order valence-electron chi connectivity index (χ3n) is 4.76. The van der Waals surface area contributed by atoms with Gasteiger partial charge in [-0.25, -0.2) is 0 Å². The van der Waals surface area contributed by atoms with E-state index < -0.39 is 11.7 Å². The van der Waals surface area contributed by atoms with Gasteiger partial charge in [0.15, 0.2) is 5.82 Å². The number of H-pyrrole nitrogens is 1. The summed E-state index contributed by atoms with van der Waals surface area (Å²) in [5, 5.41) is 8.77. The van der Waals surface area contributed by atoms with E-state index in [2.05, 4.69) is 20.1 Å². The van der Waals surface area contributed by atoms with Crippen LogP contribution in [0.2, 0.25) is 0 Å². The zero-order chi connectivity index (χ0) is 18.1. The van der Waals surface area contributed by atoms with Crippen molar-refractivity contribution >= 4 is 28.4 Å². The van der Waals surface area contributed by atoms with E-state index in [1.54, 1.807) is 11.1 Å². The molecule has 7 nitrogen and oxygen atoms in total. The van der Waals surface area contributed by atoms with Gasteiger partial charge in [-0.05, 0) is 25.1 Å². The van der Waals surface area contributed by atoms with Gasteiger partial charge in [0.1, 0.15) is 0 Å². The number of carbonyl (C=O) groups is 2. The molecule has 1 fully saturated rings. The molecule has 7 heteroatoms. The number of nitrogens with zero attached hydrogens (tertiary/aromatic N) is 4. The molecule has 2 aromatic heterocycles. The first-order valence-electron chi connectivity index (χ1n) is 8.58. The second kappa shape index (κ2) is 6.59. The van der Waals surface area contributed by atoms with Crippen molar-refractivity contribution in [2.75, 3.05) is 31.1 Å². The Balaban J connectivity index is 1.50. The number of hydrogen-bond acceptors (Lipinski definition) is 5. The number of aromatic nitrogens is 3. The molecule has 0 radical (unpaired) electrons. The number of ketones is 1. The number of para-hydroxylation sites is 1. The first-order chi connectivity index (χ1) is 12.6. The molecule has 4 rings (SSSR count). The topological polar surface area (TPSA) is 82.2 Å². The zero-order valence-electron chi connectivity index (χ0n) is 14.5. The summed E-state index contributed by atoms with van der Waals surface area (Å²) in [7, 11) is 0. The Morgan fingerprint density at radius 1 is 1.04 bits per heavy atom. The SMILES string of the molecule is Cc1[nH]c2ccccc2c1C(=O)C(=O)N1CCN(c2cccnn2)CC1. The van der Waals surface area contributed by atoms with Gasteiger partial charge in [-0.15, -0.1) is 5.10 Å². The second-order valence-electron chi connectivity index (χ2n) is 6.36. The fourth-order valence-corrected chi connectivity index (χ4v) is 3.42. The minimum atomic E-state index is -0.451. The highest BCUT2D eigenvalue weighted by Crippen LogP contribution is 2.23. The van der Waals surface area contributed by atoms with E-state index in [1.807, 2.05) is 43.3 Å². The van der Waals surface area contributed by atoms with Crippen LogP contribution in [0.15, 0.2) is 42.6 Å². The number of amides is 1. The summed E-state index contributed by atoms with van der Waals surface area (Å²) in [5.74, 6) is -0.108. The molecule has 0 aliphatic carbocycles. The summed E-state index contributed by atoms with van der Waals surface area (Å²) >= 11 is 0. The predicted octanol–water partition coefficient (Wildman–Crippen LogP) is 1.80. The fraction of sp³-hybridized carbons (Fsp3) is 0.263. The lowest BCUT2D eigenvalue weighted by Crippen LogP contribution is -2.51. The van der Waals surface area contributed by atoms with Crippen LogP contribution in [-0.2, 0) is 4.79 Å². The molecule has 0 spiro atoms. The molecule has 132 valence electrons. The standard InChI is InChI=1S/C19H19N5O2/c1-13-17(14-5-2-3-6-15(14)21-13)18(25)19(26)24-11-9-23(10-12-24)16-7-4-8-20-22-16/h2-8,21H,9-12H2,1H3. The van der Waals surface area contributed by atoms with Crippen LogP contribution in [0.25, 0.3) is 10.9 Å². The second-order valence-corrected chi connectivity index (χ2v) is 6.36. The number of anilines is 1. The van der Waals surface area contributed by atoms with Crippen molar-refractivity contribution in [1.29, 1.82) is 0 Å². The number of piperazine rings is 1. The van der Waals surface area contributed by atoms with Crippen LogP contribution in [-0.4, -0.2) is 58.0 Å². The molecule has 1 N–H and O–H groups in total. The molecule has 0 bridgehead atoms. The van der Waals surface area contributed by atoms with Gasteiger partial charge in [0.25, 0.3) is 11.7 Å². The Morgan fingerprint density at radius 2 is 1.81 bits per heavy atom. The monoisotopic (exact) mass is 349 g/mol. The highest BCUT2D eigenvalue weighted by Gasteiger charge is 2.29. The van der Waals surface area contributed by atoms with Gasteiger partial charge in [0, 0.05) is 49.0 Å². The fourth-order valence-electron chi connectivity index (χ4n) is 3.42. The van der Waals surface area contributed by atoms with Crippen molar-refractivity contribution in [2.24, 2.45) is 0 Å². The van der Waals surface area contributed by atoms with Crippen molar-refractivity contribution in [3.8, 4) is 0 Å². The Kier molecular flexibility index (Phi) is 4.12. The highest BCUT2D eigenvalue weighted by atomic mass is 16.2. The first kappa shape index (κ1) is 16.3. The number of benzene rings is 1. The van der Waals surface area contributed by atoms with Crippen LogP contribution in [0.5, 0.6) is 0 Å². The van der Waals surface area contributed by atoms with Crippen LogP contribution < -0.4 is 4.90 Å². The van der Waals surface area contributed by atoms with Crippen molar-refractivity contribution in [3.05, 3.63) is 53.9 Å². The normalized spacial score (nSPS) is 14.7. The maximum atomic E-state index is 12.8. The molecule has 0 saturated carbocycles. The summed E-state index contributed by atoms with van der Waals surface area (Å²) in [4.78, 5) is 32.5. The number of rotatable bonds is 3. The quantitative estimate of drug-likeness (QED) is 0.576. The zero-order valence-corrected chi connectivity index (χ0v) is 14.5. The molecule has 0 atom stereocenters. The summed E-state index contributed by atoms with van der Waals surface area (Å²) in [6, 6.07) is 11.3. The molecular formula is C19H19N5O2. The van der Waals surface area contributed by atoms with Crippen LogP contribution in [0.3, 0.4) is 0 Å². The molecule has 26 heavy (non-hydrogen) atoms. The average molecular weight is 349 g/mol. The number of aryl methyl sites for hydroxylation is 1. The summed E-state index contributed by atoms with van der Waals surface area (Å²) in [5.41, 5.74) is 2.07. The lowest BCUT2D eigenvalue weighted by Gasteiger charge is -2.34. The van der Waals surface area contributed by atoms with Crippen molar-refractivity contribution < 1.29 is 9.59 Å². The van der Waals surface area contributed by atoms with E-state index in [0.717, 1.165) is 22.4 Å². The number of Topliss-reactive ketones (excluding diaryl/α,β-unsaturated/α-hetero) is 1. The number of fused-ring (bicyclic) bond motifs is 1. The number of aromatic amines is 1. The van der Waals surface area contributed by atoms with Gasteiger partial charge in [0.2, 0.25) is 0 Å². The van der Waals surface area contributed by atoms with Crippen LogP contribution >= 0.6 is 0 Å². The van der Waals surface area contributed by atoms with Crippen molar-refractivity contribution in [1.82, 2.24) is 20.1 Å². The molecule has 1 aromatic carbocycles. The van der Waals surface area contributed by atoms with Crippen LogP contribution in [0, 0.1) is 6.92 Å². The minimum absolute atomic E-state index is 0.448. The van der Waals surface area contributed by atoms with E-state index >= 15 is 0 Å². The molecule has 3 aromatic rings. The Hall–Kier alpha value is -3.22. The molecule has 1 amide bonds. The summed E-state index contributed by atoms with van der Waals surface area (Å²) in [6.07, 6.45) is 1.63. The number of nitrogens with one attached hydrogen (secondary N) is 1. The maximum Gasteiger partial charge on any atom is 0.295 e. The lowest BCUT2D eigenvalue weighted by molar-refractivity contribution is -0.126. The van der Waals surface area contributed by atoms with Crippen LogP contribution in [0.4, 0.5) is 5.82 Å². The first-order valence-corrected chi connectivity index (χ1v) is 8.58. The largest absolute Gasteiger partial charge is 0.358 e. The van der Waals surface area contributed by atoms with Crippen molar-refractivity contribution in [3.63, 3.8) is 0 Å². The van der Waals surface area contributed by atoms with Gasteiger partial charge in [-0.2, -0.15) is 5.10 Å². The van der Waals surface area contributed by atoms with Gasteiger partial charge < -0.3 is 14.8 Å². The van der Waals surface area contributed by atoms with Crippen LogP contribution in [0.1, 0.15) is 16.1 Å². The molecule has 3 heterocycles. The van der Waals surface area contributed by atoms with Gasteiger partial charge in [0.05, 0.1) is 5.56 Å². The summed E-state index contributed by atoms with van der Waals surface area (Å²) in [6.45, 7) is 4.06. The summed E-state index contributed by atoms with van der Waals surface area (Å²) < 4.78 is 0. The van der Waals surface area contributed by atoms with Gasteiger partial charge >= 0.3 is 0 Å². The average Bonchev–Trinajstić information content (AvgIpc) is 3.03. The van der Waals surface area contributed by atoms with Gasteiger partial charge in [-0.3, -0.25) is 9.59 Å². The third-order valence-corrected chi connectivity index (χ3v) is 4.76. The maximum absolute atomic E-state index is 12.8. The van der Waals surface area contributed by atoms with Crippen molar-refractivity contribution in [2.45, 2.75) is 6.92 Å². The molecule has 1 saturated heterocycles. The Bertz CT molecular complexity index is 958. The van der Waals surface area contributed by atoms with E-state index in [1.165, 1.54) is 0 Å². The van der Waals surface area contributed by atoms with E-state index in [4.69, 9.17) is 0 Å². The van der Waals surface area contributed by atoms with E-state index in [9.17, 15) is 9.59 Å². The molecule has 1 aliphatic heterocycles. The molecular weight excluding hydrogens is 330 g/mol. The number of hydrogen-bond donors (Lipinski definition) is 1. The lowest BCUT2D eigenvalue weighted by atomic mass is 10.1. The third kappa shape index (κ3) is 2.81. The Morgan fingerprint density at radius 3 is 2.54 bits per heavy atom.